The van der Waals surface area contributed by atoms with Gasteiger partial charge in [-0.2, -0.15) is 0 Å². The Labute approximate surface area is 224 Å². The van der Waals surface area contributed by atoms with Crippen LogP contribution in [-0.4, -0.2) is 70.6 Å². The summed E-state index contributed by atoms with van der Waals surface area (Å²) in [4.78, 5) is 40.6. The van der Waals surface area contributed by atoms with Crippen molar-refractivity contribution in [2.45, 2.75) is 38.3 Å². The predicted molar refractivity (Wildman–Crippen MR) is 151 cm³/mol. The molecule has 4 aromatic rings. The molecule has 4 fully saturated rings. The van der Waals surface area contributed by atoms with E-state index in [4.69, 9.17) is 4.98 Å². The lowest BCUT2D eigenvalue weighted by Gasteiger charge is -2.45. The van der Waals surface area contributed by atoms with Crippen LogP contribution in [0.25, 0.3) is 33.3 Å². The average molecular weight is 530 g/mol. The summed E-state index contributed by atoms with van der Waals surface area (Å²) in [5.41, 5.74) is 3.35. The summed E-state index contributed by atoms with van der Waals surface area (Å²) in [6.45, 7) is 5.74. The molecule has 0 aliphatic carbocycles. The Morgan fingerprint density at radius 1 is 1.05 bits per heavy atom. The normalized spacial score (nSPS) is 24.5. The summed E-state index contributed by atoms with van der Waals surface area (Å²) in [6.07, 6.45) is 2.97. The lowest BCUT2D eigenvalue weighted by molar-refractivity contribution is -0.119. The largest absolute Gasteiger partial charge is 0.379 e. The van der Waals surface area contributed by atoms with Gasteiger partial charge in [-0.15, -0.1) is 0 Å². The highest BCUT2D eigenvalue weighted by atomic mass is 19.1. The fourth-order valence-corrected chi connectivity index (χ4v) is 6.69. The minimum Gasteiger partial charge on any atom is -0.379 e. The SMILES string of the molecule is CC(=O)N[C@H]1CCN(c2cc3[nH]c(=O)c(-c4nc5ccccc5[nH]4)c(N[C@H]4CN5CCC4CC5)c3cc2F)C1. The van der Waals surface area contributed by atoms with Gasteiger partial charge in [0.1, 0.15) is 17.2 Å². The fourth-order valence-electron chi connectivity index (χ4n) is 6.69. The number of aromatic amines is 2. The van der Waals surface area contributed by atoms with Gasteiger partial charge in [-0.3, -0.25) is 9.59 Å². The number of hydrogen-bond acceptors (Lipinski definition) is 6. The van der Waals surface area contributed by atoms with E-state index >= 15 is 4.39 Å². The molecule has 8 rings (SSSR count). The van der Waals surface area contributed by atoms with Crippen molar-refractivity contribution in [3.8, 4) is 11.4 Å². The van der Waals surface area contributed by atoms with Gasteiger partial charge in [0.15, 0.2) is 0 Å². The van der Waals surface area contributed by atoms with Crippen molar-refractivity contribution in [1.82, 2.24) is 25.2 Å². The number of para-hydroxylation sites is 2. The Balaban J connectivity index is 1.35. The number of fused-ring (bicyclic) bond motifs is 5. The molecule has 0 unspecified atom stereocenters. The number of carbonyl (C=O) groups is 1. The zero-order valence-electron chi connectivity index (χ0n) is 21.9. The van der Waals surface area contributed by atoms with Crippen molar-refractivity contribution < 1.29 is 9.18 Å². The molecule has 0 radical (unpaired) electrons. The first-order valence-electron chi connectivity index (χ1n) is 13.8. The molecule has 4 N–H and O–H groups in total. The number of H-pyrrole nitrogens is 2. The maximum Gasteiger partial charge on any atom is 0.261 e. The Hall–Kier alpha value is -3.92. The van der Waals surface area contributed by atoms with Gasteiger partial charge < -0.3 is 30.4 Å². The summed E-state index contributed by atoms with van der Waals surface area (Å²) in [5, 5.41) is 7.25. The number of carbonyl (C=O) groups excluding carboxylic acids is 1. The highest BCUT2D eigenvalue weighted by Gasteiger charge is 2.35. The predicted octanol–water partition coefficient (Wildman–Crippen LogP) is 3.43. The summed E-state index contributed by atoms with van der Waals surface area (Å²) in [5.74, 6) is 0.523. The van der Waals surface area contributed by atoms with Gasteiger partial charge in [0, 0.05) is 44.0 Å². The molecule has 4 aliphatic heterocycles. The van der Waals surface area contributed by atoms with Gasteiger partial charge in [-0.05, 0) is 62.5 Å². The van der Waals surface area contributed by atoms with Crippen molar-refractivity contribution in [2.75, 3.05) is 42.9 Å². The molecule has 2 atom stereocenters. The summed E-state index contributed by atoms with van der Waals surface area (Å²) in [6, 6.07) is 11.1. The van der Waals surface area contributed by atoms with E-state index in [0.29, 0.717) is 52.7 Å². The van der Waals surface area contributed by atoms with E-state index in [9.17, 15) is 9.59 Å². The summed E-state index contributed by atoms with van der Waals surface area (Å²) in [7, 11) is 0. The zero-order valence-corrected chi connectivity index (χ0v) is 21.9. The van der Waals surface area contributed by atoms with Gasteiger partial charge in [-0.25, -0.2) is 9.37 Å². The van der Waals surface area contributed by atoms with Crippen LogP contribution in [0.3, 0.4) is 0 Å². The lowest BCUT2D eigenvalue weighted by Crippen LogP contribution is -2.53. The monoisotopic (exact) mass is 529 g/mol. The van der Waals surface area contributed by atoms with Gasteiger partial charge in [0.25, 0.3) is 5.56 Å². The fraction of sp³-hybridized carbons (Fsp3) is 0.414. The number of hydrogen-bond donors (Lipinski definition) is 4. The van der Waals surface area contributed by atoms with E-state index < -0.39 is 0 Å². The number of aromatic nitrogens is 3. The average Bonchev–Trinajstić information content (AvgIpc) is 3.56. The van der Waals surface area contributed by atoms with Crippen molar-refractivity contribution in [1.29, 1.82) is 0 Å². The number of imidazole rings is 1. The molecule has 10 heteroatoms. The standard InChI is InChI=1S/C29H32FN7O2/c1-16(38)31-18-8-11-37(14-18)25-13-23-19(12-20(25)30)27(32-24-15-36-9-6-17(24)7-10-36)26(29(39)35-23)28-33-21-4-2-3-5-22(21)34-28/h2-5,12-13,17-18,24H,6-11,14-15H2,1H3,(H,31,38)(H,33,34)(H2,32,35,39)/t18-,24-/m0/s1. The number of benzene rings is 2. The number of halogens is 1. The van der Waals surface area contributed by atoms with Gasteiger partial charge in [-0.1, -0.05) is 12.1 Å². The van der Waals surface area contributed by atoms with E-state index in [2.05, 4.69) is 25.5 Å². The molecular weight excluding hydrogens is 497 g/mol. The number of piperidine rings is 3. The molecule has 9 nitrogen and oxygen atoms in total. The van der Waals surface area contributed by atoms with E-state index in [1.54, 1.807) is 6.07 Å². The Kier molecular flexibility index (Phi) is 5.80. The van der Waals surface area contributed by atoms with Gasteiger partial charge in [0.2, 0.25) is 5.91 Å². The van der Waals surface area contributed by atoms with Crippen LogP contribution < -0.4 is 21.1 Å². The van der Waals surface area contributed by atoms with Crippen molar-refractivity contribution in [2.24, 2.45) is 5.92 Å². The molecule has 2 bridgehead atoms. The topological polar surface area (TPSA) is 109 Å². The second kappa shape index (κ2) is 9.37. The molecular formula is C29H32FN7O2. The first-order chi connectivity index (χ1) is 18.9. The molecule has 39 heavy (non-hydrogen) atoms. The lowest BCUT2D eigenvalue weighted by atomic mass is 9.83. The molecule has 202 valence electrons. The van der Waals surface area contributed by atoms with Crippen LogP contribution in [0.1, 0.15) is 26.2 Å². The first-order valence-corrected chi connectivity index (χ1v) is 13.8. The molecule has 6 heterocycles. The van der Waals surface area contributed by atoms with E-state index in [1.807, 2.05) is 29.2 Å². The van der Waals surface area contributed by atoms with E-state index in [1.165, 1.54) is 13.0 Å². The Bertz CT molecular complexity index is 1610. The Morgan fingerprint density at radius 3 is 2.62 bits per heavy atom. The first kappa shape index (κ1) is 24.1. The number of pyridine rings is 1. The zero-order chi connectivity index (χ0) is 26.7. The van der Waals surface area contributed by atoms with Gasteiger partial charge >= 0.3 is 0 Å². The van der Waals surface area contributed by atoms with Crippen LogP contribution in [-0.2, 0) is 4.79 Å². The number of nitrogens with zero attached hydrogens (tertiary/aromatic N) is 3. The third kappa shape index (κ3) is 4.32. The Morgan fingerprint density at radius 2 is 1.87 bits per heavy atom. The van der Waals surface area contributed by atoms with Crippen molar-refractivity contribution in [3.05, 3.63) is 52.6 Å². The summed E-state index contributed by atoms with van der Waals surface area (Å²) < 4.78 is 15.8. The maximum atomic E-state index is 15.8. The van der Waals surface area contributed by atoms with Crippen LogP contribution in [0.4, 0.5) is 15.8 Å². The van der Waals surface area contributed by atoms with Crippen LogP contribution in [0, 0.1) is 11.7 Å². The van der Waals surface area contributed by atoms with Crippen LogP contribution in [0.5, 0.6) is 0 Å². The van der Waals surface area contributed by atoms with E-state index in [-0.39, 0.29) is 29.4 Å². The van der Waals surface area contributed by atoms with Crippen molar-refractivity contribution in [3.63, 3.8) is 0 Å². The van der Waals surface area contributed by atoms with E-state index in [0.717, 1.165) is 49.9 Å². The number of amides is 1. The minimum atomic E-state index is -0.356. The smallest absolute Gasteiger partial charge is 0.261 e. The molecule has 1 amide bonds. The maximum absolute atomic E-state index is 15.8. The van der Waals surface area contributed by atoms with Crippen LogP contribution >= 0.6 is 0 Å². The molecule has 4 aliphatic rings. The minimum absolute atomic E-state index is 0.0268. The van der Waals surface area contributed by atoms with Crippen LogP contribution in [0.15, 0.2) is 41.2 Å². The highest BCUT2D eigenvalue weighted by molar-refractivity contribution is 6.00. The van der Waals surface area contributed by atoms with Crippen molar-refractivity contribution >= 4 is 39.2 Å². The highest BCUT2D eigenvalue weighted by Crippen LogP contribution is 2.38. The summed E-state index contributed by atoms with van der Waals surface area (Å²) >= 11 is 0. The number of nitrogens with one attached hydrogen (secondary N) is 4. The second-order valence-corrected chi connectivity index (χ2v) is 11.2. The third-order valence-corrected chi connectivity index (χ3v) is 8.63. The molecule has 4 saturated heterocycles. The van der Waals surface area contributed by atoms with Gasteiger partial charge in [0.05, 0.1) is 27.9 Å². The number of anilines is 2. The number of rotatable bonds is 5. The molecule has 2 aromatic heterocycles. The molecule has 0 spiro atoms. The quantitative estimate of drug-likeness (QED) is 0.316. The molecule has 0 saturated carbocycles. The van der Waals surface area contributed by atoms with Crippen LogP contribution in [0.2, 0.25) is 0 Å². The molecule has 2 aromatic carbocycles. The third-order valence-electron chi connectivity index (χ3n) is 8.63. The second-order valence-electron chi connectivity index (χ2n) is 11.2.